The van der Waals surface area contributed by atoms with E-state index in [2.05, 4.69) is 0 Å². The zero-order chi connectivity index (χ0) is 17.3. The Bertz CT molecular complexity index is 880. The van der Waals surface area contributed by atoms with Crippen LogP contribution in [0.5, 0.6) is 0 Å². The lowest BCUT2D eigenvalue weighted by Gasteiger charge is -2.01. The summed E-state index contributed by atoms with van der Waals surface area (Å²) in [7, 11) is 1.82. The first-order chi connectivity index (χ1) is 11.5. The number of halogens is 1. The van der Waals surface area contributed by atoms with Crippen LogP contribution in [0.3, 0.4) is 0 Å². The number of hydrogen-bond donors (Lipinski definition) is 1. The van der Waals surface area contributed by atoms with E-state index in [0.717, 1.165) is 16.8 Å². The number of Topliss-reactive ketones (excluding diaryl/α,β-unsaturated/α-hetero) is 1. The predicted octanol–water partition coefficient (Wildman–Crippen LogP) is 2.89. The molecule has 3 aromatic rings. The standard InChI is InChI=1S/C19H18FN3O/c1-13-3-5-15(6-4-13)18(24)12-23-11-17(22(2)19(23)21)14-7-9-16(20)10-8-14/h3-11,21H,12H2,1-2H3/p+1. The third-order valence-electron chi connectivity index (χ3n) is 4.10. The predicted molar refractivity (Wildman–Crippen MR) is 90.9 cm³/mol. The minimum atomic E-state index is -0.289. The van der Waals surface area contributed by atoms with E-state index >= 15 is 0 Å². The fourth-order valence-electron chi connectivity index (χ4n) is 2.62. The van der Waals surface area contributed by atoms with Crippen LogP contribution in [0.25, 0.3) is 11.3 Å². The summed E-state index contributed by atoms with van der Waals surface area (Å²) >= 11 is 0. The summed E-state index contributed by atoms with van der Waals surface area (Å²) in [4.78, 5) is 12.4. The number of imidazole rings is 1. The molecule has 0 aliphatic rings. The normalized spacial score (nSPS) is 10.8. The Labute approximate surface area is 140 Å². The van der Waals surface area contributed by atoms with Gasteiger partial charge in [0.25, 0.3) is 0 Å². The van der Waals surface area contributed by atoms with Crippen molar-refractivity contribution in [3.8, 4) is 11.3 Å². The van der Waals surface area contributed by atoms with Gasteiger partial charge >= 0.3 is 5.95 Å². The molecule has 24 heavy (non-hydrogen) atoms. The maximum Gasteiger partial charge on any atom is 0.355 e. The van der Waals surface area contributed by atoms with Gasteiger partial charge in [-0.3, -0.25) is 10.5 Å². The third-order valence-corrected chi connectivity index (χ3v) is 4.10. The van der Waals surface area contributed by atoms with Gasteiger partial charge in [0, 0.05) is 11.1 Å². The molecule has 0 radical (unpaired) electrons. The Hall–Kier alpha value is -2.95. The van der Waals surface area contributed by atoms with E-state index in [1.54, 1.807) is 21.3 Å². The van der Waals surface area contributed by atoms with Crippen LogP contribution in [0.15, 0.2) is 54.7 Å². The average molecular weight is 324 g/mol. The topological polar surface area (TPSA) is 51.9 Å². The van der Waals surface area contributed by atoms with Crippen molar-refractivity contribution in [3.63, 3.8) is 0 Å². The molecule has 1 heterocycles. The fourth-order valence-corrected chi connectivity index (χ4v) is 2.62. The molecule has 1 aromatic heterocycles. The molecule has 0 spiro atoms. The van der Waals surface area contributed by atoms with Gasteiger partial charge in [0.15, 0.2) is 5.78 Å². The molecule has 2 aromatic carbocycles. The van der Waals surface area contributed by atoms with Crippen molar-refractivity contribution < 1.29 is 13.8 Å². The maximum absolute atomic E-state index is 13.1. The molecule has 0 unspecified atom stereocenters. The molecular weight excluding hydrogens is 305 g/mol. The minimum Gasteiger partial charge on any atom is -0.291 e. The second-order valence-corrected chi connectivity index (χ2v) is 5.86. The summed E-state index contributed by atoms with van der Waals surface area (Å²) in [6.45, 7) is 2.14. The number of hydrogen-bond acceptors (Lipinski definition) is 2. The molecule has 3 rings (SSSR count). The number of nitrogen functional groups attached to an aromatic ring is 1. The van der Waals surface area contributed by atoms with Crippen molar-refractivity contribution in [2.24, 2.45) is 7.05 Å². The number of benzene rings is 2. The summed E-state index contributed by atoms with van der Waals surface area (Å²) in [5.74, 6) is 0.168. The van der Waals surface area contributed by atoms with Gasteiger partial charge in [-0.15, -0.1) is 0 Å². The lowest BCUT2D eigenvalue weighted by molar-refractivity contribution is -0.667. The Morgan fingerprint density at radius 1 is 1.12 bits per heavy atom. The van der Waals surface area contributed by atoms with Gasteiger partial charge in [-0.25, -0.2) is 13.5 Å². The summed E-state index contributed by atoms with van der Waals surface area (Å²) in [6.07, 6.45) is 1.81. The van der Waals surface area contributed by atoms with E-state index in [1.165, 1.54) is 12.1 Å². The third kappa shape index (κ3) is 3.06. The van der Waals surface area contributed by atoms with Gasteiger partial charge in [0.1, 0.15) is 24.3 Å². The van der Waals surface area contributed by atoms with Gasteiger partial charge in [-0.1, -0.05) is 29.8 Å². The molecule has 0 saturated heterocycles. The van der Waals surface area contributed by atoms with Crippen molar-refractivity contribution >= 4 is 11.7 Å². The van der Waals surface area contributed by atoms with Crippen LogP contribution in [-0.2, 0) is 13.6 Å². The first kappa shape index (κ1) is 15.9. The first-order valence-electron chi connectivity index (χ1n) is 7.66. The molecule has 0 aliphatic heterocycles. The summed E-state index contributed by atoms with van der Waals surface area (Å²) in [5, 5.41) is 0. The Balaban J connectivity index is 1.89. The molecule has 0 aliphatic carbocycles. The average Bonchev–Trinajstić information content (AvgIpc) is 2.85. The largest absolute Gasteiger partial charge is 0.355 e. The van der Waals surface area contributed by atoms with Crippen LogP contribution in [0, 0.1) is 12.7 Å². The van der Waals surface area contributed by atoms with E-state index in [1.807, 2.05) is 44.4 Å². The molecule has 4 nitrogen and oxygen atoms in total. The molecule has 0 amide bonds. The Kier molecular flexibility index (Phi) is 4.16. The molecule has 0 bridgehead atoms. The highest BCUT2D eigenvalue weighted by Crippen LogP contribution is 2.20. The molecule has 122 valence electrons. The van der Waals surface area contributed by atoms with Gasteiger partial charge in [-0.2, -0.15) is 0 Å². The number of nitrogens with zero attached hydrogens (tertiary/aromatic N) is 2. The number of ketones is 1. The Morgan fingerprint density at radius 3 is 2.38 bits per heavy atom. The summed E-state index contributed by atoms with van der Waals surface area (Å²) in [5.41, 5.74) is 9.54. The highest BCUT2D eigenvalue weighted by atomic mass is 19.1. The number of rotatable bonds is 4. The van der Waals surface area contributed by atoms with Gasteiger partial charge in [0.2, 0.25) is 0 Å². The molecule has 0 saturated carbocycles. The quantitative estimate of drug-likeness (QED) is 0.593. The van der Waals surface area contributed by atoms with Gasteiger partial charge < -0.3 is 0 Å². The number of aryl methyl sites for hydroxylation is 1. The summed E-state index contributed by atoms with van der Waals surface area (Å²) in [6, 6.07) is 13.6. The monoisotopic (exact) mass is 324 g/mol. The molecule has 0 fully saturated rings. The van der Waals surface area contributed by atoms with Crippen LogP contribution in [0.4, 0.5) is 10.3 Å². The van der Waals surface area contributed by atoms with Crippen LogP contribution in [0.1, 0.15) is 15.9 Å². The lowest BCUT2D eigenvalue weighted by Crippen LogP contribution is -2.39. The Morgan fingerprint density at radius 2 is 1.75 bits per heavy atom. The van der Waals surface area contributed by atoms with Gasteiger partial charge in [0.05, 0.1) is 7.05 Å². The number of aromatic nitrogens is 2. The maximum atomic E-state index is 13.1. The van der Waals surface area contributed by atoms with Crippen molar-refractivity contribution in [1.29, 1.82) is 0 Å². The van der Waals surface area contributed by atoms with Gasteiger partial charge in [-0.05, 0) is 31.2 Å². The SMILES string of the molecule is Cc1ccc(C(=O)C[n+]2cc(-c3ccc(F)cc3)n(C)c2N)cc1. The second kappa shape index (κ2) is 6.28. The van der Waals surface area contributed by atoms with E-state index in [0.29, 0.717) is 11.5 Å². The number of anilines is 1. The van der Waals surface area contributed by atoms with Crippen LogP contribution in [0.2, 0.25) is 0 Å². The zero-order valence-electron chi connectivity index (χ0n) is 13.7. The lowest BCUT2D eigenvalue weighted by atomic mass is 10.1. The van der Waals surface area contributed by atoms with Crippen molar-refractivity contribution in [3.05, 3.63) is 71.7 Å². The smallest absolute Gasteiger partial charge is 0.291 e. The van der Waals surface area contributed by atoms with Crippen LogP contribution >= 0.6 is 0 Å². The van der Waals surface area contributed by atoms with Crippen molar-refractivity contribution in [2.45, 2.75) is 13.5 Å². The number of carbonyl (C=O) groups excluding carboxylic acids is 1. The highest BCUT2D eigenvalue weighted by molar-refractivity contribution is 5.95. The molecular formula is C19H19FN3O+. The van der Waals surface area contributed by atoms with Crippen LogP contribution in [-0.4, -0.2) is 10.4 Å². The van der Waals surface area contributed by atoms with E-state index < -0.39 is 0 Å². The number of carbonyl (C=O) groups is 1. The summed E-state index contributed by atoms with van der Waals surface area (Å²) < 4.78 is 16.6. The minimum absolute atomic E-state index is 0.0112. The molecule has 0 atom stereocenters. The first-order valence-corrected chi connectivity index (χ1v) is 7.66. The second-order valence-electron chi connectivity index (χ2n) is 5.86. The van der Waals surface area contributed by atoms with E-state index in [4.69, 9.17) is 5.73 Å². The van der Waals surface area contributed by atoms with Crippen molar-refractivity contribution in [1.82, 2.24) is 4.57 Å². The number of nitrogens with two attached hydrogens (primary N) is 1. The van der Waals surface area contributed by atoms with E-state index in [-0.39, 0.29) is 18.1 Å². The zero-order valence-corrected chi connectivity index (χ0v) is 13.7. The fraction of sp³-hybridized carbons (Fsp3) is 0.158. The van der Waals surface area contributed by atoms with E-state index in [9.17, 15) is 9.18 Å². The highest BCUT2D eigenvalue weighted by Gasteiger charge is 2.20. The van der Waals surface area contributed by atoms with Crippen molar-refractivity contribution in [2.75, 3.05) is 5.73 Å². The van der Waals surface area contributed by atoms with Crippen LogP contribution < -0.4 is 10.3 Å². The molecule has 5 heteroatoms. The molecule has 2 N–H and O–H groups in total.